The van der Waals surface area contributed by atoms with E-state index in [2.05, 4.69) is 9.97 Å². The fraction of sp³-hybridized carbons (Fsp3) is 0.235. The van der Waals surface area contributed by atoms with Crippen molar-refractivity contribution >= 4 is 23.1 Å². The van der Waals surface area contributed by atoms with Gasteiger partial charge in [-0.2, -0.15) is 18.2 Å². The van der Waals surface area contributed by atoms with Crippen LogP contribution < -0.4 is 10.1 Å². The summed E-state index contributed by atoms with van der Waals surface area (Å²) in [7, 11) is 0. The normalized spacial score (nSPS) is 11.4. The molecule has 3 aromatic rings. The Balaban J connectivity index is 1.57. The second-order valence-corrected chi connectivity index (χ2v) is 6.41. The Morgan fingerprint density at radius 2 is 2.04 bits per heavy atom. The van der Waals surface area contributed by atoms with Gasteiger partial charge in [0.1, 0.15) is 12.0 Å². The minimum absolute atomic E-state index is 0.0827. The third-order valence-corrected chi connectivity index (χ3v) is 4.54. The first-order chi connectivity index (χ1) is 12.8. The lowest BCUT2D eigenvalue weighted by molar-refractivity contribution is -0.167. The summed E-state index contributed by atoms with van der Waals surface area (Å²) >= 11 is 1.58. The Morgan fingerprint density at radius 1 is 1.30 bits per heavy atom. The number of aryl methyl sites for hydroxylation is 1. The van der Waals surface area contributed by atoms with Gasteiger partial charge < -0.3 is 14.5 Å². The van der Waals surface area contributed by atoms with Gasteiger partial charge in [-0.1, -0.05) is 0 Å². The molecule has 10 heteroatoms. The lowest BCUT2D eigenvalue weighted by Gasteiger charge is -2.06. The first-order valence-electron chi connectivity index (χ1n) is 7.79. The Morgan fingerprint density at radius 3 is 2.67 bits per heavy atom. The highest BCUT2D eigenvalue weighted by molar-refractivity contribution is 7.09. The van der Waals surface area contributed by atoms with Gasteiger partial charge in [-0.25, -0.2) is 4.98 Å². The molecule has 0 saturated heterocycles. The van der Waals surface area contributed by atoms with Crippen molar-refractivity contribution in [2.24, 2.45) is 0 Å². The molecule has 0 spiro atoms. The van der Waals surface area contributed by atoms with Crippen LogP contribution in [0.3, 0.4) is 0 Å². The van der Waals surface area contributed by atoms with Gasteiger partial charge in [-0.3, -0.25) is 4.79 Å². The van der Waals surface area contributed by atoms with Crippen LogP contribution in [0.15, 0.2) is 40.5 Å². The van der Waals surface area contributed by atoms with Crippen molar-refractivity contribution in [1.29, 1.82) is 0 Å². The standard InChI is InChI=1S/C17H14F3N3O3S/c1-10-13(27-9-21-10)6-7-25-12-4-2-11(3-5-12)15-22-14(8-26-15)23-16(24)17(18,19)20/h2-5,8-9H,6-7H2,1H3,(H,23,24). The number of rotatable bonds is 6. The number of alkyl halides is 3. The number of nitrogens with zero attached hydrogens (tertiary/aromatic N) is 2. The number of oxazole rings is 1. The Kier molecular flexibility index (Phi) is 5.45. The summed E-state index contributed by atoms with van der Waals surface area (Å²) in [6, 6.07) is 6.73. The van der Waals surface area contributed by atoms with Gasteiger partial charge in [0.2, 0.25) is 5.89 Å². The predicted molar refractivity (Wildman–Crippen MR) is 92.7 cm³/mol. The number of carbonyl (C=O) groups excluding carboxylic acids is 1. The quantitative estimate of drug-likeness (QED) is 0.674. The Bertz CT molecular complexity index is 919. The number of hydrogen-bond donors (Lipinski definition) is 1. The van der Waals surface area contributed by atoms with Crippen LogP contribution in [0.25, 0.3) is 11.5 Å². The molecule has 1 aromatic carbocycles. The van der Waals surface area contributed by atoms with E-state index in [1.807, 2.05) is 6.92 Å². The van der Waals surface area contributed by atoms with Crippen LogP contribution in [-0.4, -0.2) is 28.7 Å². The van der Waals surface area contributed by atoms with Gasteiger partial charge in [0, 0.05) is 16.9 Å². The molecule has 1 amide bonds. The monoisotopic (exact) mass is 397 g/mol. The maximum atomic E-state index is 12.2. The van der Waals surface area contributed by atoms with Crippen LogP contribution >= 0.6 is 11.3 Å². The van der Waals surface area contributed by atoms with E-state index < -0.39 is 12.1 Å². The summed E-state index contributed by atoms with van der Waals surface area (Å²) in [6.45, 7) is 2.44. The van der Waals surface area contributed by atoms with Gasteiger partial charge in [-0.05, 0) is 31.2 Å². The molecule has 2 heterocycles. The summed E-state index contributed by atoms with van der Waals surface area (Å²) in [5, 5.41) is 1.63. The van der Waals surface area contributed by atoms with E-state index in [0.717, 1.165) is 18.4 Å². The van der Waals surface area contributed by atoms with Gasteiger partial charge in [0.15, 0.2) is 5.82 Å². The summed E-state index contributed by atoms with van der Waals surface area (Å²) in [5.41, 5.74) is 3.32. The highest BCUT2D eigenvalue weighted by atomic mass is 32.1. The number of benzene rings is 1. The molecule has 2 aromatic heterocycles. The minimum Gasteiger partial charge on any atom is -0.493 e. The number of aromatic nitrogens is 2. The number of hydrogen-bond acceptors (Lipinski definition) is 6. The predicted octanol–water partition coefficient (Wildman–Crippen LogP) is 4.23. The molecule has 1 N–H and O–H groups in total. The first-order valence-corrected chi connectivity index (χ1v) is 8.67. The summed E-state index contributed by atoms with van der Waals surface area (Å²) in [4.78, 5) is 20.1. The van der Waals surface area contributed by atoms with Gasteiger partial charge in [0.25, 0.3) is 0 Å². The fourth-order valence-corrected chi connectivity index (χ4v) is 2.93. The van der Waals surface area contributed by atoms with Crippen molar-refractivity contribution in [3.8, 4) is 17.2 Å². The fourth-order valence-electron chi connectivity index (χ4n) is 2.17. The summed E-state index contributed by atoms with van der Waals surface area (Å²) < 4.78 is 47.5. The Labute approximate surface area is 156 Å². The highest BCUT2D eigenvalue weighted by Crippen LogP contribution is 2.25. The van der Waals surface area contributed by atoms with Crippen LogP contribution in [0.2, 0.25) is 0 Å². The van der Waals surface area contributed by atoms with Gasteiger partial charge in [-0.15, -0.1) is 11.3 Å². The van der Waals surface area contributed by atoms with Crippen molar-refractivity contribution in [2.45, 2.75) is 19.5 Å². The molecule has 0 atom stereocenters. The van der Waals surface area contributed by atoms with E-state index in [1.165, 1.54) is 4.88 Å². The lowest BCUT2D eigenvalue weighted by atomic mass is 10.2. The molecule has 0 bridgehead atoms. The second-order valence-electron chi connectivity index (χ2n) is 5.47. The number of carbonyl (C=O) groups is 1. The first kappa shape index (κ1) is 18.9. The second kappa shape index (κ2) is 7.78. The third-order valence-electron chi connectivity index (χ3n) is 3.55. The average Bonchev–Trinajstić information content (AvgIpc) is 3.24. The van der Waals surface area contributed by atoms with Crippen LogP contribution in [0.4, 0.5) is 19.0 Å². The highest BCUT2D eigenvalue weighted by Gasteiger charge is 2.39. The largest absolute Gasteiger partial charge is 0.493 e. The van der Waals surface area contributed by atoms with Crippen LogP contribution in [0.5, 0.6) is 5.75 Å². The maximum Gasteiger partial charge on any atom is 0.471 e. The van der Waals surface area contributed by atoms with Crippen LogP contribution in [-0.2, 0) is 11.2 Å². The molecule has 0 aliphatic heterocycles. The van der Waals surface area contributed by atoms with Crippen molar-refractivity contribution in [1.82, 2.24) is 9.97 Å². The molecule has 6 nitrogen and oxygen atoms in total. The van der Waals surface area contributed by atoms with E-state index in [1.54, 1.807) is 46.4 Å². The average molecular weight is 397 g/mol. The third kappa shape index (κ3) is 4.85. The summed E-state index contributed by atoms with van der Waals surface area (Å²) in [5.74, 6) is -1.70. The molecule has 0 radical (unpaired) electrons. The van der Waals surface area contributed by atoms with Crippen molar-refractivity contribution in [2.75, 3.05) is 11.9 Å². The zero-order valence-electron chi connectivity index (χ0n) is 14.0. The zero-order valence-corrected chi connectivity index (χ0v) is 14.9. The zero-order chi connectivity index (χ0) is 19.4. The molecular weight excluding hydrogens is 383 g/mol. The van der Waals surface area contributed by atoms with E-state index in [9.17, 15) is 18.0 Å². The topological polar surface area (TPSA) is 77.3 Å². The molecular formula is C17H14F3N3O3S. The molecule has 142 valence electrons. The Hall–Kier alpha value is -2.88. The lowest BCUT2D eigenvalue weighted by Crippen LogP contribution is -2.30. The van der Waals surface area contributed by atoms with Crippen LogP contribution in [0, 0.1) is 6.92 Å². The van der Waals surface area contributed by atoms with Gasteiger partial charge >= 0.3 is 12.1 Å². The number of thiazole rings is 1. The molecule has 0 aliphatic carbocycles. The number of nitrogens with one attached hydrogen (secondary N) is 1. The maximum absolute atomic E-state index is 12.2. The van der Waals surface area contributed by atoms with E-state index >= 15 is 0 Å². The number of anilines is 1. The molecule has 27 heavy (non-hydrogen) atoms. The minimum atomic E-state index is -4.99. The van der Waals surface area contributed by atoms with Gasteiger partial charge in [0.05, 0.1) is 17.8 Å². The molecule has 3 rings (SSSR count). The smallest absolute Gasteiger partial charge is 0.471 e. The molecule has 0 fully saturated rings. The van der Waals surface area contributed by atoms with E-state index in [4.69, 9.17) is 9.15 Å². The van der Waals surface area contributed by atoms with Crippen molar-refractivity contribution < 1.29 is 27.1 Å². The van der Waals surface area contributed by atoms with Crippen LogP contribution in [0.1, 0.15) is 10.6 Å². The molecule has 0 unspecified atom stereocenters. The summed E-state index contributed by atoms with van der Waals surface area (Å²) in [6.07, 6.45) is -3.29. The van der Waals surface area contributed by atoms with Crippen molar-refractivity contribution in [3.05, 3.63) is 46.6 Å². The number of amides is 1. The van der Waals surface area contributed by atoms with E-state index in [-0.39, 0.29) is 11.7 Å². The number of halogens is 3. The van der Waals surface area contributed by atoms with Crippen molar-refractivity contribution in [3.63, 3.8) is 0 Å². The SMILES string of the molecule is Cc1ncsc1CCOc1ccc(-c2nc(NC(=O)C(F)(F)F)co2)cc1. The molecule has 0 saturated carbocycles. The van der Waals surface area contributed by atoms with E-state index in [0.29, 0.717) is 17.9 Å². The number of ether oxygens (including phenoxy) is 1. The molecule has 0 aliphatic rings.